The second-order valence-corrected chi connectivity index (χ2v) is 9.17. The molecular weight excluding hydrogens is 392 g/mol. The van der Waals surface area contributed by atoms with E-state index in [2.05, 4.69) is 37.0 Å². The molecule has 5 rings (SSSR count). The highest BCUT2D eigenvalue weighted by atomic mass is 16.5. The Bertz CT molecular complexity index is 1090. The zero-order chi connectivity index (χ0) is 21.9. The molecule has 7 heteroatoms. The van der Waals surface area contributed by atoms with Crippen molar-refractivity contribution >= 4 is 11.8 Å². The summed E-state index contributed by atoms with van der Waals surface area (Å²) in [5.74, 6) is -0.211. The first-order valence-electron chi connectivity index (χ1n) is 10.7. The molecule has 0 unspecified atom stereocenters. The summed E-state index contributed by atoms with van der Waals surface area (Å²) in [6.07, 6.45) is 7.21. The molecule has 2 bridgehead atoms. The van der Waals surface area contributed by atoms with Gasteiger partial charge in [0.05, 0.1) is 31.0 Å². The van der Waals surface area contributed by atoms with E-state index in [1.165, 1.54) is 5.56 Å². The molecule has 2 amide bonds. The van der Waals surface area contributed by atoms with Gasteiger partial charge in [-0.05, 0) is 25.0 Å². The number of amides is 2. The van der Waals surface area contributed by atoms with Crippen molar-refractivity contribution < 1.29 is 14.3 Å². The van der Waals surface area contributed by atoms with Crippen molar-refractivity contribution in [2.24, 2.45) is 18.9 Å². The lowest BCUT2D eigenvalue weighted by Gasteiger charge is -2.27. The maximum atomic E-state index is 13.5. The topological polar surface area (TPSA) is 67.7 Å². The number of rotatable bonds is 5. The fourth-order valence-corrected chi connectivity index (χ4v) is 5.26. The lowest BCUT2D eigenvalue weighted by molar-refractivity contribution is -0.143. The Morgan fingerprint density at radius 3 is 2.90 bits per heavy atom. The average molecular weight is 421 g/mol. The summed E-state index contributed by atoms with van der Waals surface area (Å²) in [6.45, 7) is 5.55. The van der Waals surface area contributed by atoms with Gasteiger partial charge in [-0.1, -0.05) is 35.9 Å². The van der Waals surface area contributed by atoms with E-state index in [0.717, 1.165) is 17.0 Å². The molecule has 7 nitrogen and oxygen atoms in total. The van der Waals surface area contributed by atoms with E-state index in [9.17, 15) is 9.59 Å². The molecule has 0 N–H and O–H groups in total. The highest BCUT2D eigenvalue weighted by molar-refractivity contribution is 5.93. The van der Waals surface area contributed by atoms with Crippen LogP contribution in [0.2, 0.25) is 0 Å². The normalized spacial score (nSPS) is 28.5. The Morgan fingerprint density at radius 2 is 2.16 bits per heavy atom. The molecular formula is C24H28N4O3. The van der Waals surface area contributed by atoms with Crippen LogP contribution in [0.3, 0.4) is 0 Å². The third-order valence-electron chi connectivity index (χ3n) is 7.01. The number of fused-ring (bicyclic) bond motifs is 1. The molecule has 3 aliphatic rings. The molecule has 1 aromatic heterocycles. The lowest BCUT2D eigenvalue weighted by Crippen LogP contribution is -2.44. The molecule has 162 valence electrons. The summed E-state index contributed by atoms with van der Waals surface area (Å²) in [5, 5.41) is 0. The lowest BCUT2D eigenvalue weighted by atomic mass is 9.76. The van der Waals surface area contributed by atoms with Crippen LogP contribution in [0.5, 0.6) is 0 Å². The van der Waals surface area contributed by atoms with E-state index in [-0.39, 0.29) is 17.9 Å². The van der Waals surface area contributed by atoms with E-state index in [4.69, 9.17) is 4.74 Å². The molecule has 2 saturated heterocycles. The van der Waals surface area contributed by atoms with Crippen molar-refractivity contribution in [1.82, 2.24) is 19.4 Å². The molecule has 0 aliphatic carbocycles. The number of imidazole rings is 1. The molecule has 2 fully saturated rings. The van der Waals surface area contributed by atoms with E-state index < -0.39 is 17.4 Å². The zero-order valence-electron chi connectivity index (χ0n) is 18.4. The summed E-state index contributed by atoms with van der Waals surface area (Å²) >= 11 is 0. The van der Waals surface area contributed by atoms with Gasteiger partial charge in [-0.3, -0.25) is 9.59 Å². The van der Waals surface area contributed by atoms with Crippen LogP contribution in [0.25, 0.3) is 0 Å². The van der Waals surface area contributed by atoms with Crippen LogP contribution in [-0.2, 0) is 34.5 Å². The summed E-state index contributed by atoms with van der Waals surface area (Å²) < 4.78 is 8.18. The van der Waals surface area contributed by atoms with Crippen LogP contribution in [0, 0.1) is 25.7 Å². The third kappa shape index (κ3) is 3.10. The second-order valence-electron chi connectivity index (χ2n) is 9.17. The zero-order valence-corrected chi connectivity index (χ0v) is 18.4. The Kier molecular flexibility index (Phi) is 4.55. The number of likely N-dealkylation sites (tertiary alicyclic amines) is 1. The van der Waals surface area contributed by atoms with Crippen molar-refractivity contribution in [2.45, 2.75) is 38.6 Å². The number of carbonyl (C=O) groups excluding carboxylic acids is 2. The molecule has 4 atom stereocenters. The number of nitrogens with zero attached hydrogens (tertiary/aromatic N) is 4. The first-order valence-corrected chi connectivity index (χ1v) is 10.7. The number of hydrogen-bond acceptors (Lipinski definition) is 4. The van der Waals surface area contributed by atoms with Gasteiger partial charge in [0, 0.05) is 33.0 Å². The quantitative estimate of drug-likeness (QED) is 0.694. The SMILES string of the molecule is Cc1ccc(C)c(CN2C[C@]34C=C[C@H](O3)[C@@H](C(=O)N(C)Cc3nccn3C)[C@H]4C2=O)c1. The number of benzene rings is 1. The van der Waals surface area contributed by atoms with E-state index in [1.54, 1.807) is 18.1 Å². The predicted molar refractivity (Wildman–Crippen MR) is 115 cm³/mol. The first-order chi connectivity index (χ1) is 14.8. The minimum atomic E-state index is -0.691. The maximum Gasteiger partial charge on any atom is 0.230 e. The van der Waals surface area contributed by atoms with Crippen LogP contribution in [0.15, 0.2) is 42.7 Å². The van der Waals surface area contributed by atoms with Crippen molar-refractivity contribution in [3.63, 3.8) is 0 Å². The molecule has 0 saturated carbocycles. The van der Waals surface area contributed by atoms with Gasteiger partial charge < -0.3 is 19.1 Å². The molecule has 2 aromatic rings. The fraction of sp³-hybridized carbons (Fsp3) is 0.458. The van der Waals surface area contributed by atoms with Crippen molar-refractivity contribution in [1.29, 1.82) is 0 Å². The van der Waals surface area contributed by atoms with Gasteiger partial charge >= 0.3 is 0 Å². The molecule has 1 spiro atoms. The third-order valence-corrected chi connectivity index (χ3v) is 7.01. The Balaban J connectivity index is 1.38. The van der Waals surface area contributed by atoms with Gasteiger partial charge in [-0.2, -0.15) is 0 Å². The van der Waals surface area contributed by atoms with E-state index in [1.807, 2.05) is 34.9 Å². The van der Waals surface area contributed by atoms with Crippen molar-refractivity contribution in [3.05, 3.63) is 65.3 Å². The number of ether oxygens (including phenoxy) is 1. The van der Waals surface area contributed by atoms with Crippen molar-refractivity contribution in [3.8, 4) is 0 Å². The summed E-state index contributed by atoms with van der Waals surface area (Å²) in [6, 6.07) is 6.30. The minimum absolute atomic E-state index is 0.0106. The summed E-state index contributed by atoms with van der Waals surface area (Å²) in [4.78, 5) is 34.8. The summed E-state index contributed by atoms with van der Waals surface area (Å²) in [5.41, 5.74) is 2.78. The summed E-state index contributed by atoms with van der Waals surface area (Å²) in [7, 11) is 3.68. The Morgan fingerprint density at radius 1 is 1.35 bits per heavy atom. The van der Waals surface area contributed by atoms with Crippen LogP contribution in [-0.4, -0.2) is 56.5 Å². The van der Waals surface area contributed by atoms with Crippen LogP contribution >= 0.6 is 0 Å². The van der Waals surface area contributed by atoms with Gasteiger partial charge in [0.2, 0.25) is 11.8 Å². The monoisotopic (exact) mass is 420 g/mol. The van der Waals surface area contributed by atoms with Gasteiger partial charge in [-0.15, -0.1) is 0 Å². The van der Waals surface area contributed by atoms with Gasteiger partial charge in [0.15, 0.2) is 0 Å². The minimum Gasteiger partial charge on any atom is -0.360 e. The molecule has 4 heterocycles. The first kappa shape index (κ1) is 20.0. The smallest absolute Gasteiger partial charge is 0.230 e. The maximum absolute atomic E-state index is 13.5. The number of aryl methyl sites for hydroxylation is 3. The second kappa shape index (κ2) is 7.05. The van der Waals surface area contributed by atoms with Crippen molar-refractivity contribution in [2.75, 3.05) is 13.6 Å². The van der Waals surface area contributed by atoms with Crippen LogP contribution in [0.1, 0.15) is 22.5 Å². The standard InChI is InChI=1S/C24H28N4O3/c1-15-5-6-16(2)17(11-15)12-28-14-24-8-7-18(31-24)20(21(24)23(28)30)22(29)27(4)13-19-25-9-10-26(19)3/h5-11,18,20-21H,12-14H2,1-4H3/t18-,20+,21-,24-/m0/s1. The predicted octanol–water partition coefficient (Wildman–Crippen LogP) is 1.98. The van der Waals surface area contributed by atoms with Crippen LogP contribution < -0.4 is 0 Å². The molecule has 0 radical (unpaired) electrons. The fourth-order valence-electron chi connectivity index (χ4n) is 5.26. The van der Waals surface area contributed by atoms with Gasteiger partial charge in [0.25, 0.3) is 0 Å². The molecule has 31 heavy (non-hydrogen) atoms. The van der Waals surface area contributed by atoms with Gasteiger partial charge in [-0.25, -0.2) is 4.98 Å². The Hall–Kier alpha value is -2.93. The van der Waals surface area contributed by atoms with E-state index in [0.29, 0.717) is 19.6 Å². The van der Waals surface area contributed by atoms with Crippen LogP contribution in [0.4, 0.5) is 0 Å². The van der Waals surface area contributed by atoms with E-state index >= 15 is 0 Å². The number of carbonyl (C=O) groups is 2. The van der Waals surface area contributed by atoms with Gasteiger partial charge in [0.1, 0.15) is 11.4 Å². The number of hydrogen-bond donors (Lipinski definition) is 0. The number of aromatic nitrogens is 2. The average Bonchev–Trinajstić information content (AvgIpc) is 3.47. The molecule has 1 aromatic carbocycles. The molecule has 3 aliphatic heterocycles. The highest BCUT2D eigenvalue weighted by Crippen LogP contribution is 2.52. The highest BCUT2D eigenvalue weighted by Gasteiger charge is 2.67. The Labute approximate surface area is 182 Å². The largest absolute Gasteiger partial charge is 0.360 e.